The molecule has 2 aromatic rings. The van der Waals surface area contributed by atoms with Crippen molar-refractivity contribution in [3.8, 4) is 11.5 Å². The molecule has 0 aliphatic heterocycles. The highest BCUT2D eigenvalue weighted by molar-refractivity contribution is 6.21. The minimum absolute atomic E-state index is 0.0738. The number of hydrogen-bond acceptors (Lipinski definition) is 4. The summed E-state index contributed by atoms with van der Waals surface area (Å²) in [4.78, 5) is 4.21. The molecule has 0 saturated heterocycles. The fraction of sp³-hybridized carbons (Fsp3) is 0.583. The van der Waals surface area contributed by atoms with Crippen molar-refractivity contribution >= 4 is 57.2 Å². The van der Waals surface area contributed by atoms with Crippen LogP contribution in [-0.2, 0) is 13.1 Å². The Kier molecular flexibility index (Phi) is 11.0. The molecule has 4 nitrogen and oxygen atoms in total. The van der Waals surface area contributed by atoms with Gasteiger partial charge in [-0.2, -0.15) is 0 Å². The van der Waals surface area contributed by atoms with Crippen molar-refractivity contribution in [2.75, 3.05) is 26.2 Å². The number of nitrogens with zero attached hydrogens (tertiary/aromatic N) is 2. The molecule has 0 saturated carbocycles. The lowest BCUT2D eigenvalue weighted by Crippen LogP contribution is -2.33. The van der Waals surface area contributed by atoms with Gasteiger partial charge in [-0.1, -0.05) is 24.3 Å². The number of rotatable bonds is 12. The topological polar surface area (TPSA) is 46.9 Å². The van der Waals surface area contributed by atoms with Crippen LogP contribution in [0.1, 0.15) is 38.8 Å². The van der Waals surface area contributed by atoms with E-state index in [0.717, 1.165) is 10.8 Å². The molecule has 4 atom stereocenters. The first-order valence-corrected chi connectivity index (χ1v) is 12.7. The molecule has 0 aromatic heterocycles. The summed E-state index contributed by atoms with van der Waals surface area (Å²) in [5, 5.41) is 23.6. The van der Waals surface area contributed by atoms with Crippen LogP contribution in [0.2, 0.25) is 0 Å². The van der Waals surface area contributed by atoms with Crippen LogP contribution in [0.3, 0.4) is 0 Å². The average Bonchev–Trinajstić information content (AvgIpc) is 2.66. The second-order valence-corrected chi connectivity index (χ2v) is 11.7. The third-order valence-electron chi connectivity index (χ3n) is 5.18. The van der Waals surface area contributed by atoms with Gasteiger partial charge in [-0.15, -0.1) is 46.4 Å². The quantitative estimate of drug-likeness (QED) is 0.251. The average molecular weight is 524 g/mol. The molecule has 0 unspecified atom stereocenters. The molecule has 0 amide bonds. The molecule has 2 rings (SSSR count). The summed E-state index contributed by atoms with van der Waals surface area (Å²) < 4.78 is 0. The largest absolute Gasteiger partial charge is 0.504 e. The van der Waals surface area contributed by atoms with Crippen molar-refractivity contribution in [1.82, 2.24) is 9.80 Å². The number of phenols is 2. The van der Waals surface area contributed by atoms with E-state index in [2.05, 4.69) is 9.80 Å². The number of aromatic hydroxyl groups is 2. The maximum Gasteiger partial charge on any atom is 0.162 e. The zero-order chi connectivity index (χ0) is 24.0. The first-order valence-electron chi connectivity index (χ1n) is 10.9. The molecule has 0 heterocycles. The van der Waals surface area contributed by atoms with Crippen molar-refractivity contribution in [3.63, 3.8) is 0 Å². The molecule has 2 N–H and O–H groups in total. The van der Waals surface area contributed by atoms with Gasteiger partial charge in [0.1, 0.15) is 0 Å². The zero-order valence-electron chi connectivity index (χ0n) is 19.2. The highest BCUT2D eigenvalue weighted by Gasteiger charge is 2.23. The minimum atomic E-state index is -0.106. The standard InChI is InChI=1S/C24H34Cl4N2O2/c1-15(25)9-29(10-16(2)26)13-21-19-7-5-6-8-20(19)22(24(32)23(21)31)14-30(11-17(3)27)12-18(4)28/h5-8,15-18,31-32H,9-14H2,1-4H3/t15-,16+,17-,18+. The summed E-state index contributed by atoms with van der Waals surface area (Å²) in [6.07, 6.45) is 0. The van der Waals surface area contributed by atoms with Gasteiger partial charge < -0.3 is 10.2 Å². The summed E-state index contributed by atoms with van der Waals surface area (Å²) in [6.45, 7) is 11.0. The van der Waals surface area contributed by atoms with E-state index >= 15 is 0 Å². The lowest BCUT2D eigenvalue weighted by molar-refractivity contribution is 0.261. The molecule has 0 fully saturated rings. The van der Waals surface area contributed by atoms with Crippen LogP contribution in [-0.4, -0.2) is 67.7 Å². The van der Waals surface area contributed by atoms with Gasteiger partial charge in [0, 0.05) is 71.9 Å². The molecule has 0 aliphatic rings. The first kappa shape index (κ1) is 27.6. The van der Waals surface area contributed by atoms with Crippen molar-refractivity contribution in [2.45, 2.75) is 62.3 Å². The van der Waals surface area contributed by atoms with Gasteiger partial charge in [0.2, 0.25) is 0 Å². The van der Waals surface area contributed by atoms with Crippen molar-refractivity contribution in [1.29, 1.82) is 0 Å². The van der Waals surface area contributed by atoms with E-state index in [-0.39, 0.29) is 33.0 Å². The Labute approximate surface area is 212 Å². The molecule has 0 radical (unpaired) electrons. The van der Waals surface area contributed by atoms with Crippen LogP contribution in [0, 0.1) is 0 Å². The highest BCUT2D eigenvalue weighted by Crippen LogP contribution is 2.41. The third-order valence-corrected chi connectivity index (χ3v) is 5.73. The Morgan fingerprint density at radius 2 is 0.906 bits per heavy atom. The van der Waals surface area contributed by atoms with Gasteiger partial charge in [-0.25, -0.2) is 0 Å². The van der Waals surface area contributed by atoms with Crippen LogP contribution >= 0.6 is 46.4 Å². The molecule has 180 valence electrons. The summed E-state index contributed by atoms with van der Waals surface area (Å²) in [5.74, 6) is -0.211. The summed E-state index contributed by atoms with van der Waals surface area (Å²) in [6, 6.07) is 7.81. The maximum atomic E-state index is 11.1. The number of alkyl halides is 4. The smallest absolute Gasteiger partial charge is 0.162 e. The number of benzene rings is 2. The SMILES string of the molecule is C[C@H](Cl)CN(Cc1c(O)c(O)c(CN(C[C@H](C)Cl)C[C@@H](C)Cl)c2ccccc12)C[C@@H](C)Cl. The van der Waals surface area contributed by atoms with Crippen molar-refractivity contribution < 1.29 is 10.2 Å². The molecule has 2 aromatic carbocycles. The lowest BCUT2D eigenvalue weighted by atomic mass is 9.96. The summed E-state index contributed by atoms with van der Waals surface area (Å²) >= 11 is 25.0. The van der Waals surface area contributed by atoms with E-state index in [1.54, 1.807) is 0 Å². The van der Waals surface area contributed by atoms with Gasteiger partial charge in [-0.05, 0) is 38.5 Å². The predicted octanol–water partition coefficient (Wildman–Crippen LogP) is 6.36. The monoisotopic (exact) mass is 522 g/mol. The fourth-order valence-electron chi connectivity index (χ4n) is 4.15. The van der Waals surface area contributed by atoms with E-state index < -0.39 is 0 Å². The third kappa shape index (κ3) is 8.00. The molecule has 0 aliphatic carbocycles. The van der Waals surface area contributed by atoms with Crippen LogP contribution in [0.25, 0.3) is 10.8 Å². The second-order valence-electron chi connectivity index (χ2n) is 8.71. The molecule has 8 heteroatoms. The number of phenolic OH excluding ortho intramolecular Hbond substituents is 2. The van der Waals surface area contributed by atoms with Gasteiger partial charge in [0.25, 0.3) is 0 Å². The predicted molar refractivity (Wildman–Crippen MR) is 139 cm³/mol. The maximum absolute atomic E-state index is 11.1. The molecule has 0 spiro atoms. The van der Waals surface area contributed by atoms with Gasteiger partial charge >= 0.3 is 0 Å². The molecular weight excluding hydrogens is 490 g/mol. The van der Waals surface area contributed by atoms with E-state index in [0.29, 0.717) is 50.4 Å². The molecule has 32 heavy (non-hydrogen) atoms. The van der Waals surface area contributed by atoms with E-state index in [1.807, 2.05) is 52.0 Å². The highest BCUT2D eigenvalue weighted by atomic mass is 35.5. The Morgan fingerprint density at radius 3 is 1.16 bits per heavy atom. The number of hydrogen-bond donors (Lipinski definition) is 2. The molecular formula is C24H34Cl4N2O2. The van der Waals surface area contributed by atoms with Gasteiger partial charge in [0.05, 0.1) is 0 Å². The Morgan fingerprint density at radius 1 is 0.625 bits per heavy atom. The normalized spacial score (nSPS) is 15.9. The summed E-state index contributed by atoms with van der Waals surface area (Å²) in [5.41, 5.74) is 1.33. The Bertz CT molecular complexity index is 784. The number of fused-ring (bicyclic) bond motifs is 1. The lowest BCUT2D eigenvalue weighted by Gasteiger charge is -2.28. The zero-order valence-corrected chi connectivity index (χ0v) is 22.2. The fourth-order valence-corrected chi connectivity index (χ4v) is 4.93. The van der Waals surface area contributed by atoms with Crippen LogP contribution < -0.4 is 0 Å². The van der Waals surface area contributed by atoms with Gasteiger partial charge in [-0.3, -0.25) is 9.80 Å². The van der Waals surface area contributed by atoms with Crippen LogP contribution in [0.4, 0.5) is 0 Å². The first-order chi connectivity index (χ1) is 15.0. The van der Waals surface area contributed by atoms with E-state index in [1.165, 1.54) is 0 Å². The summed E-state index contributed by atoms with van der Waals surface area (Å²) in [7, 11) is 0. The van der Waals surface area contributed by atoms with E-state index in [9.17, 15) is 10.2 Å². The van der Waals surface area contributed by atoms with Gasteiger partial charge in [0.15, 0.2) is 11.5 Å². The number of halogens is 4. The second kappa shape index (κ2) is 12.7. The Balaban J connectivity index is 2.52. The molecule has 0 bridgehead atoms. The van der Waals surface area contributed by atoms with Crippen LogP contribution in [0.5, 0.6) is 11.5 Å². The van der Waals surface area contributed by atoms with Crippen molar-refractivity contribution in [2.24, 2.45) is 0 Å². The minimum Gasteiger partial charge on any atom is -0.504 e. The van der Waals surface area contributed by atoms with Crippen molar-refractivity contribution in [3.05, 3.63) is 35.4 Å². The van der Waals surface area contributed by atoms with E-state index in [4.69, 9.17) is 46.4 Å². The van der Waals surface area contributed by atoms with Crippen LogP contribution in [0.15, 0.2) is 24.3 Å². The Hall–Kier alpha value is -0.620.